The van der Waals surface area contributed by atoms with Crippen molar-refractivity contribution in [3.63, 3.8) is 0 Å². The Morgan fingerprint density at radius 3 is 2.62 bits per heavy atom. The van der Waals surface area contributed by atoms with E-state index in [0.717, 1.165) is 43.9 Å². The number of piperidine rings is 1. The molecule has 1 aliphatic heterocycles. The van der Waals surface area contributed by atoms with Crippen molar-refractivity contribution in [2.24, 2.45) is 0 Å². The lowest BCUT2D eigenvalue weighted by atomic mass is 9.93. The molecule has 4 heterocycles. The molecule has 0 aliphatic carbocycles. The summed E-state index contributed by atoms with van der Waals surface area (Å²) >= 11 is 0. The van der Waals surface area contributed by atoms with Gasteiger partial charge >= 0.3 is 0 Å². The Kier molecular flexibility index (Phi) is 5.07. The number of nitrogens with zero attached hydrogens (tertiary/aromatic N) is 6. The van der Waals surface area contributed by atoms with Crippen molar-refractivity contribution in [1.29, 1.82) is 0 Å². The van der Waals surface area contributed by atoms with Crippen molar-refractivity contribution >= 4 is 11.6 Å². The van der Waals surface area contributed by atoms with Crippen molar-refractivity contribution in [3.8, 4) is 0 Å². The molecule has 1 N–H and O–H groups in total. The molecule has 7 heteroatoms. The SMILES string of the molecule is c1cncc(CN2CCC(c3ccnc(Nc4cncnc4)n3)CC2)c1. The fraction of sp³-hybridized carbons (Fsp3) is 0.316. The summed E-state index contributed by atoms with van der Waals surface area (Å²) in [6.07, 6.45) is 12.7. The zero-order valence-electron chi connectivity index (χ0n) is 14.5. The molecule has 3 aromatic rings. The monoisotopic (exact) mass is 347 g/mol. The Morgan fingerprint density at radius 1 is 1.00 bits per heavy atom. The van der Waals surface area contributed by atoms with E-state index >= 15 is 0 Å². The highest BCUT2D eigenvalue weighted by Gasteiger charge is 2.22. The Hall–Kier alpha value is -2.93. The van der Waals surface area contributed by atoms with Gasteiger partial charge in [0.25, 0.3) is 0 Å². The van der Waals surface area contributed by atoms with Gasteiger partial charge in [-0.05, 0) is 43.6 Å². The van der Waals surface area contributed by atoms with Crippen molar-refractivity contribution < 1.29 is 0 Å². The molecule has 7 nitrogen and oxygen atoms in total. The highest BCUT2D eigenvalue weighted by atomic mass is 15.1. The lowest BCUT2D eigenvalue weighted by Crippen LogP contribution is -2.32. The molecular formula is C19H21N7. The van der Waals surface area contributed by atoms with Crippen molar-refractivity contribution in [2.45, 2.75) is 25.3 Å². The van der Waals surface area contributed by atoms with Crippen LogP contribution >= 0.6 is 0 Å². The van der Waals surface area contributed by atoms with E-state index < -0.39 is 0 Å². The molecule has 0 atom stereocenters. The van der Waals surface area contributed by atoms with Crippen molar-refractivity contribution in [2.75, 3.05) is 18.4 Å². The van der Waals surface area contributed by atoms with Crippen LogP contribution < -0.4 is 5.32 Å². The topological polar surface area (TPSA) is 79.7 Å². The summed E-state index contributed by atoms with van der Waals surface area (Å²) in [6, 6.07) is 6.15. The maximum Gasteiger partial charge on any atom is 0.227 e. The van der Waals surface area contributed by atoms with Crippen LogP contribution in [0.15, 0.2) is 55.5 Å². The smallest absolute Gasteiger partial charge is 0.227 e. The maximum absolute atomic E-state index is 4.69. The quantitative estimate of drug-likeness (QED) is 0.760. The number of aromatic nitrogens is 5. The average molecular weight is 347 g/mol. The second-order valence-corrected chi connectivity index (χ2v) is 6.47. The predicted octanol–water partition coefficient (Wildman–Crippen LogP) is 2.78. The van der Waals surface area contributed by atoms with Gasteiger partial charge in [-0.15, -0.1) is 0 Å². The first kappa shape index (κ1) is 16.5. The van der Waals surface area contributed by atoms with Crippen LogP contribution in [0.5, 0.6) is 0 Å². The van der Waals surface area contributed by atoms with E-state index in [4.69, 9.17) is 4.98 Å². The second-order valence-electron chi connectivity index (χ2n) is 6.47. The third kappa shape index (κ3) is 4.18. The third-order valence-electron chi connectivity index (χ3n) is 4.63. The minimum Gasteiger partial charge on any atom is -0.322 e. The number of anilines is 2. The van der Waals surface area contributed by atoms with Crippen LogP contribution in [0, 0.1) is 0 Å². The summed E-state index contributed by atoms with van der Waals surface area (Å²) in [5, 5.41) is 3.16. The maximum atomic E-state index is 4.69. The van der Waals surface area contributed by atoms with E-state index in [9.17, 15) is 0 Å². The minimum atomic E-state index is 0.468. The highest BCUT2D eigenvalue weighted by molar-refractivity contribution is 5.49. The Labute approximate surface area is 152 Å². The molecule has 0 saturated carbocycles. The summed E-state index contributed by atoms with van der Waals surface area (Å²) in [5.41, 5.74) is 3.15. The molecule has 1 fully saturated rings. The molecular weight excluding hydrogens is 326 g/mol. The van der Waals surface area contributed by atoms with Crippen molar-refractivity contribution in [3.05, 3.63) is 66.8 Å². The van der Waals surface area contributed by atoms with Crippen LogP contribution in [-0.4, -0.2) is 42.9 Å². The van der Waals surface area contributed by atoms with Gasteiger partial charge in [0.15, 0.2) is 0 Å². The molecule has 0 bridgehead atoms. The molecule has 132 valence electrons. The summed E-state index contributed by atoms with van der Waals surface area (Å²) in [5.74, 6) is 1.06. The van der Waals surface area contributed by atoms with Gasteiger partial charge in [0.2, 0.25) is 5.95 Å². The Balaban J connectivity index is 1.36. The molecule has 4 rings (SSSR count). The first-order valence-corrected chi connectivity index (χ1v) is 8.83. The zero-order chi connectivity index (χ0) is 17.6. The molecule has 0 unspecified atom stereocenters. The van der Waals surface area contributed by atoms with Crippen LogP contribution in [0.25, 0.3) is 0 Å². The molecule has 0 aromatic carbocycles. The van der Waals surface area contributed by atoms with E-state index in [-0.39, 0.29) is 0 Å². The summed E-state index contributed by atoms with van der Waals surface area (Å²) in [4.78, 5) is 23.7. The molecule has 0 spiro atoms. The molecule has 26 heavy (non-hydrogen) atoms. The van der Waals surface area contributed by atoms with Crippen LogP contribution in [0.2, 0.25) is 0 Å². The van der Waals surface area contributed by atoms with Gasteiger partial charge in [0, 0.05) is 36.7 Å². The molecule has 0 radical (unpaired) electrons. The van der Waals surface area contributed by atoms with Gasteiger partial charge in [-0.1, -0.05) is 6.07 Å². The van der Waals surface area contributed by atoms with E-state index in [1.54, 1.807) is 12.4 Å². The lowest BCUT2D eigenvalue weighted by molar-refractivity contribution is 0.203. The fourth-order valence-electron chi connectivity index (χ4n) is 3.29. The largest absolute Gasteiger partial charge is 0.322 e. The minimum absolute atomic E-state index is 0.468. The summed E-state index contributed by atoms with van der Waals surface area (Å²) < 4.78 is 0. The molecule has 0 amide bonds. The van der Waals surface area contributed by atoms with Crippen molar-refractivity contribution in [1.82, 2.24) is 29.8 Å². The van der Waals surface area contributed by atoms with Crippen LogP contribution in [0.3, 0.4) is 0 Å². The van der Waals surface area contributed by atoms with Gasteiger partial charge < -0.3 is 5.32 Å². The standard InChI is InChI=1S/C19H21N7/c1-2-15(10-20-6-1)13-26-8-4-16(5-9-26)18-3-7-23-19(25-18)24-17-11-21-14-22-12-17/h1-3,6-7,10-12,14,16H,4-5,8-9,13H2,(H,23,24,25). The third-order valence-corrected chi connectivity index (χ3v) is 4.63. The van der Waals surface area contributed by atoms with E-state index in [1.165, 1.54) is 11.9 Å². The lowest BCUT2D eigenvalue weighted by Gasteiger charge is -2.31. The van der Waals surface area contributed by atoms with E-state index in [2.05, 4.69) is 36.2 Å². The predicted molar refractivity (Wildman–Crippen MR) is 98.8 cm³/mol. The van der Waals surface area contributed by atoms with Crippen LogP contribution in [0.4, 0.5) is 11.6 Å². The number of rotatable bonds is 5. The first-order chi connectivity index (χ1) is 12.9. The highest BCUT2D eigenvalue weighted by Crippen LogP contribution is 2.28. The number of hydrogen-bond donors (Lipinski definition) is 1. The molecule has 3 aromatic heterocycles. The molecule has 1 aliphatic rings. The van der Waals surface area contributed by atoms with Crippen LogP contribution in [-0.2, 0) is 6.54 Å². The first-order valence-electron chi connectivity index (χ1n) is 8.83. The number of hydrogen-bond acceptors (Lipinski definition) is 7. The van der Waals surface area contributed by atoms with Gasteiger partial charge in [0.05, 0.1) is 18.1 Å². The number of pyridine rings is 1. The van der Waals surface area contributed by atoms with E-state index in [1.807, 2.05) is 30.7 Å². The number of likely N-dealkylation sites (tertiary alicyclic amines) is 1. The van der Waals surface area contributed by atoms with Crippen LogP contribution in [0.1, 0.15) is 30.0 Å². The average Bonchev–Trinajstić information content (AvgIpc) is 2.70. The Bertz CT molecular complexity index is 818. The van der Waals surface area contributed by atoms with Gasteiger partial charge in [-0.25, -0.2) is 19.9 Å². The number of nitrogens with one attached hydrogen (secondary N) is 1. The zero-order valence-corrected chi connectivity index (χ0v) is 14.5. The van der Waals surface area contributed by atoms with Gasteiger partial charge in [-0.2, -0.15) is 0 Å². The Morgan fingerprint density at radius 2 is 1.85 bits per heavy atom. The van der Waals surface area contributed by atoms with Gasteiger partial charge in [-0.3, -0.25) is 9.88 Å². The molecule has 1 saturated heterocycles. The summed E-state index contributed by atoms with van der Waals surface area (Å²) in [6.45, 7) is 3.10. The fourth-order valence-corrected chi connectivity index (χ4v) is 3.29. The normalized spacial score (nSPS) is 15.7. The van der Waals surface area contributed by atoms with E-state index in [0.29, 0.717) is 11.9 Å². The second kappa shape index (κ2) is 7.97. The van der Waals surface area contributed by atoms with Gasteiger partial charge in [0.1, 0.15) is 6.33 Å². The summed E-state index contributed by atoms with van der Waals surface area (Å²) in [7, 11) is 0.